The smallest absolute Gasteiger partial charge is 0.241 e. The van der Waals surface area contributed by atoms with E-state index in [-0.39, 0.29) is 16.5 Å². The Morgan fingerprint density at radius 1 is 1.40 bits per heavy atom. The lowest BCUT2D eigenvalue weighted by Gasteiger charge is -2.16. The van der Waals surface area contributed by atoms with E-state index < -0.39 is 27.8 Å². The molecule has 0 bridgehead atoms. The number of carbonyl (C=O) groups is 1. The number of carbonyl (C=O) groups excluding carboxylic acids is 1. The molecular weight excluding hydrogens is 365 g/mol. The summed E-state index contributed by atoms with van der Waals surface area (Å²) >= 11 is 1.46. The summed E-state index contributed by atoms with van der Waals surface area (Å²) in [5.41, 5.74) is -0.163. The van der Waals surface area contributed by atoms with E-state index in [1.807, 2.05) is 6.92 Å². The summed E-state index contributed by atoms with van der Waals surface area (Å²) in [5.74, 6) is -0.949. The number of aryl methyl sites for hydroxylation is 1. The van der Waals surface area contributed by atoms with Gasteiger partial charge in [0.1, 0.15) is 10.8 Å². The fourth-order valence-corrected chi connectivity index (χ4v) is 4.77. The van der Waals surface area contributed by atoms with Crippen LogP contribution in [-0.4, -0.2) is 19.3 Å². The van der Waals surface area contributed by atoms with Gasteiger partial charge in [-0.15, -0.1) is 11.3 Å². The summed E-state index contributed by atoms with van der Waals surface area (Å²) in [7, 11) is -3.88. The number of thiazole rings is 1. The van der Waals surface area contributed by atoms with Gasteiger partial charge in [-0.05, 0) is 43.9 Å². The van der Waals surface area contributed by atoms with E-state index in [9.17, 15) is 17.6 Å². The first kappa shape index (κ1) is 18.0. The summed E-state index contributed by atoms with van der Waals surface area (Å²) < 4.78 is 41.9. The van der Waals surface area contributed by atoms with E-state index in [1.165, 1.54) is 24.3 Å². The Bertz CT molecular complexity index is 907. The van der Waals surface area contributed by atoms with Crippen LogP contribution in [0.15, 0.2) is 29.3 Å². The maximum Gasteiger partial charge on any atom is 0.241 e. The van der Waals surface area contributed by atoms with Crippen LogP contribution in [0.1, 0.15) is 35.7 Å². The molecule has 1 heterocycles. The van der Waals surface area contributed by atoms with Crippen molar-refractivity contribution in [3.63, 3.8) is 0 Å². The van der Waals surface area contributed by atoms with Crippen LogP contribution in [0.3, 0.4) is 0 Å². The zero-order valence-electron chi connectivity index (χ0n) is 13.7. The van der Waals surface area contributed by atoms with Gasteiger partial charge < -0.3 is 5.32 Å². The molecule has 1 fully saturated rings. The molecule has 1 saturated carbocycles. The highest BCUT2D eigenvalue weighted by Crippen LogP contribution is 2.42. The molecule has 134 valence electrons. The molecule has 1 aromatic carbocycles. The van der Waals surface area contributed by atoms with Gasteiger partial charge in [0.15, 0.2) is 0 Å². The molecule has 0 spiro atoms. The van der Waals surface area contributed by atoms with Crippen LogP contribution in [-0.2, 0) is 14.8 Å². The average molecular weight is 383 g/mol. The zero-order valence-corrected chi connectivity index (χ0v) is 15.4. The van der Waals surface area contributed by atoms with Gasteiger partial charge in [-0.1, -0.05) is 0 Å². The molecule has 0 saturated heterocycles. The molecule has 25 heavy (non-hydrogen) atoms. The highest BCUT2D eigenvalue weighted by molar-refractivity contribution is 7.89. The average Bonchev–Trinajstić information content (AvgIpc) is 3.28. The van der Waals surface area contributed by atoms with Crippen molar-refractivity contribution in [2.24, 2.45) is 5.92 Å². The molecule has 1 atom stereocenters. The van der Waals surface area contributed by atoms with Crippen molar-refractivity contribution in [2.45, 2.75) is 37.6 Å². The van der Waals surface area contributed by atoms with Crippen molar-refractivity contribution in [1.82, 2.24) is 9.71 Å². The molecule has 1 aromatic heterocycles. The van der Waals surface area contributed by atoms with Crippen molar-refractivity contribution in [2.75, 3.05) is 5.32 Å². The highest BCUT2D eigenvalue weighted by Gasteiger charge is 2.37. The van der Waals surface area contributed by atoms with Crippen LogP contribution in [0.2, 0.25) is 0 Å². The van der Waals surface area contributed by atoms with Gasteiger partial charge in [-0.3, -0.25) is 4.79 Å². The van der Waals surface area contributed by atoms with Gasteiger partial charge in [0.25, 0.3) is 0 Å². The predicted octanol–water partition coefficient (Wildman–Crippen LogP) is 2.98. The summed E-state index contributed by atoms with van der Waals surface area (Å²) in [6.07, 6.45) is 3.59. The number of nitrogens with zero attached hydrogens (tertiary/aromatic N) is 1. The minimum Gasteiger partial charge on any atom is -0.324 e. The van der Waals surface area contributed by atoms with E-state index in [0.717, 1.165) is 34.9 Å². The van der Waals surface area contributed by atoms with E-state index in [2.05, 4.69) is 15.0 Å². The molecular formula is C16H18FN3O3S2. The Balaban J connectivity index is 1.89. The molecule has 1 aliphatic carbocycles. The van der Waals surface area contributed by atoms with E-state index in [0.29, 0.717) is 0 Å². The Kier molecular flexibility index (Phi) is 4.90. The van der Waals surface area contributed by atoms with Gasteiger partial charge in [-0.2, -0.15) is 0 Å². The number of halogens is 1. The van der Waals surface area contributed by atoms with Gasteiger partial charge in [-0.25, -0.2) is 22.5 Å². The first-order valence-corrected chi connectivity index (χ1v) is 10.1. The normalized spacial score (nSPS) is 15.8. The van der Waals surface area contributed by atoms with Crippen LogP contribution >= 0.6 is 11.3 Å². The third-order valence-corrected chi connectivity index (χ3v) is 6.27. The maximum absolute atomic E-state index is 13.7. The van der Waals surface area contributed by atoms with Gasteiger partial charge in [0.2, 0.25) is 15.9 Å². The largest absolute Gasteiger partial charge is 0.324 e. The second-order valence-corrected chi connectivity index (χ2v) is 9.05. The molecule has 0 radical (unpaired) electrons. The lowest BCUT2D eigenvalue weighted by atomic mass is 10.2. The molecule has 0 aliphatic heterocycles. The molecule has 1 unspecified atom stereocenters. The van der Waals surface area contributed by atoms with Crippen molar-refractivity contribution in [1.29, 1.82) is 0 Å². The third kappa shape index (κ3) is 4.23. The first-order valence-electron chi connectivity index (χ1n) is 7.78. The standard InChI is InChI=1S/C16H18FN3O3S2/c1-9-8-18-16(24-9)15(11-3-4-11)20-25(22,23)12-5-6-13(17)14(7-12)19-10(2)21/h5-8,11,15,20H,3-4H2,1-2H3,(H,19,21). The number of hydrogen-bond donors (Lipinski definition) is 2. The lowest BCUT2D eigenvalue weighted by molar-refractivity contribution is -0.114. The number of amides is 1. The van der Waals surface area contributed by atoms with Crippen LogP contribution in [0.5, 0.6) is 0 Å². The number of aromatic nitrogens is 1. The van der Waals surface area contributed by atoms with Crippen molar-refractivity contribution in [3.8, 4) is 0 Å². The van der Waals surface area contributed by atoms with Crippen LogP contribution in [0.4, 0.5) is 10.1 Å². The highest BCUT2D eigenvalue weighted by atomic mass is 32.2. The van der Waals surface area contributed by atoms with Crippen molar-refractivity contribution in [3.05, 3.63) is 40.1 Å². The molecule has 1 aliphatic rings. The van der Waals surface area contributed by atoms with Gasteiger partial charge >= 0.3 is 0 Å². The Morgan fingerprint density at radius 2 is 2.12 bits per heavy atom. The van der Waals surface area contributed by atoms with Crippen molar-refractivity contribution >= 4 is 33.0 Å². The monoisotopic (exact) mass is 383 g/mol. The molecule has 1 amide bonds. The maximum atomic E-state index is 13.7. The molecule has 6 nitrogen and oxygen atoms in total. The topological polar surface area (TPSA) is 88.2 Å². The second-order valence-electron chi connectivity index (χ2n) is 6.07. The number of hydrogen-bond acceptors (Lipinski definition) is 5. The fourth-order valence-electron chi connectivity index (χ4n) is 2.49. The Hall–Kier alpha value is -1.84. The van der Waals surface area contributed by atoms with Gasteiger partial charge in [0.05, 0.1) is 16.6 Å². The minimum absolute atomic E-state index is 0.100. The lowest BCUT2D eigenvalue weighted by Crippen LogP contribution is -2.30. The summed E-state index contributed by atoms with van der Waals surface area (Å²) in [6.45, 7) is 3.14. The molecule has 2 aromatic rings. The summed E-state index contributed by atoms with van der Waals surface area (Å²) in [6, 6.07) is 2.94. The zero-order chi connectivity index (χ0) is 18.2. The van der Waals surface area contributed by atoms with Crippen LogP contribution in [0, 0.1) is 18.7 Å². The van der Waals surface area contributed by atoms with E-state index in [1.54, 1.807) is 6.20 Å². The number of rotatable bonds is 6. The quantitative estimate of drug-likeness (QED) is 0.803. The fraction of sp³-hybridized carbons (Fsp3) is 0.375. The van der Waals surface area contributed by atoms with Gasteiger partial charge in [0, 0.05) is 18.0 Å². The van der Waals surface area contributed by atoms with E-state index >= 15 is 0 Å². The molecule has 9 heteroatoms. The predicted molar refractivity (Wildman–Crippen MR) is 93.3 cm³/mol. The molecule has 2 N–H and O–H groups in total. The SMILES string of the molecule is CC(=O)Nc1cc(S(=O)(=O)NC(c2ncc(C)s2)C2CC2)ccc1F. The summed E-state index contributed by atoms with van der Waals surface area (Å²) in [4.78, 5) is 16.3. The Morgan fingerprint density at radius 3 is 2.68 bits per heavy atom. The van der Waals surface area contributed by atoms with Crippen LogP contribution < -0.4 is 10.0 Å². The molecule has 3 rings (SSSR count). The summed E-state index contributed by atoms with van der Waals surface area (Å²) in [5, 5.41) is 3.02. The number of anilines is 1. The minimum atomic E-state index is -3.88. The number of sulfonamides is 1. The first-order chi connectivity index (χ1) is 11.8. The third-order valence-electron chi connectivity index (χ3n) is 3.84. The number of benzene rings is 1. The van der Waals surface area contributed by atoms with E-state index in [4.69, 9.17) is 0 Å². The number of nitrogens with one attached hydrogen (secondary N) is 2. The second kappa shape index (κ2) is 6.81. The Labute approximate surface area is 149 Å². The van der Waals surface area contributed by atoms with Crippen molar-refractivity contribution < 1.29 is 17.6 Å². The van der Waals surface area contributed by atoms with Crippen LogP contribution in [0.25, 0.3) is 0 Å².